The molecule has 0 fully saturated rings. The molecule has 0 radical (unpaired) electrons. The first-order valence-electron chi connectivity index (χ1n) is 4.41. The van der Waals surface area contributed by atoms with Gasteiger partial charge in [0, 0.05) is 5.56 Å². The lowest BCUT2D eigenvalue weighted by Gasteiger charge is -2.29. The maximum atomic E-state index is 2.26. The van der Waals surface area contributed by atoms with E-state index >= 15 is 0 Å². The summed E-state index contributed by atoms with van der Waals surface area (Å²) >= 11 is 0. The van der Waals surface area contributed by atoms with E-state index in [2.05, 4.69) is 58.3 Å². The second-order valence-electron chi connectivity index (χ2n) is 3.99. The highest BCUT2D eigenvalue weighted by atomic mass is 15.1. The van der Waals surface area contributed by atoms with Crippen LogP contribution >= 0.6 is 0 Å². The summed E-state index contributed by atoms with van der Waals surface area (Å²) in [6.45, 7) is 4.52. The Labute approximate surface area is 75.0 Å². The lowest BCUT2D eigenvalue weighted by atomic mass is 9.93. The van der Waals surface area contributed by atoms with Gasteiger partial charge in [-0.1, -0.05) is 30.3 Å². The van der Waals surface area contributed by atoms with Crippen molar-refractivity contribution in [3.63, 3.8) is 0 Å². The molecule has 1 N–H and O–H groups in total. The smallest absolute Gasteiger partial charge is 0.117 e. The van der Waals surface area contributed by atoms with E-state index in [9.17, 15) is 0 Å². The summed E-state index contributed by atoms with van der Waals surface area (Å²) in [6, 6.07) is 10.6. The van der Waals surface area contributed by atoms with E-state index in [0.29, 0.717) is 0 Å². The SMILES string of the molecule is C[NH+](C)C(C)(C)c1ccccc1. The van der Waals surface area contributed by atoms with Crippen molar-refractivity contribution in [2.45, 2.75) is 19.4 Å². The fourth-order valence-corrected chi connectivity index (χ4v) is 1.14. The van der Waals surface area contributed by atoms with Gasteiger partial charge in [-0.15, -0.1) is 0 Å². The van der Waals surface area contributed by atoms with Crippen molar-refractivity contribution in [1.29, 1.82) is 0 Å². The second-order valence-corrected chi connectivity index (χ2v) is 3.99. The predicted molar refractivity (Wildman–Crippen MR) is 52.3 cm³/mol. The van der Waals surface area contributed by atoms with Gasteiger partial charge in [0.2, 0.25) is 0 Å². The summed E-state index contributed by atoms with van der Waals surface area (Å²) < 4.78 is 0. The number of quaternary nitrogens is 1. The lowest BCUT2D eigenvalue weighted by molar-refractivity contribution is -0.919. The van der Waals surface area contributed by atoms with Crippen molar-refractivity contribution in [3.05, 3.63) is 35.9 Å². The molecule has 0 saturated heterocycles. The fourth-order valence-electron chi connectivity index (χ4n) is 1.14. The van der Waals surface area contributed by atoms with Gasteiger partial charge in [-0.3, -0.25) is 0 Å². The Morgan fingerprint density at radius 3 is 1.92 bits per heavy atom. The molecule has 1 nitrogen and oxygen atoms in total. The zero-order valence-electron chi connectivity index (χ0n) is 8.39. The standard InChI is InChI=1S/C11H17N/c1-11(2,12(3)4)10-8-6-5-7-9-10/h5-9H,1-4H3/p+1. The first-order valence-corrected chi connectivity index (χ1v) is 4.41. The zero-order chi connectivity index (χ0) is 9.19. The van der Waals surface area contributed by atoms with Crippen LogP contribution in [0.2, 0.25) is 0 Å². The molecule has 0 aliphatic heterocycles. The summed E-state index contributed by atoms with van der Waals surface area (Å²) in [4.78, 5) is 1.45. The molecule has 1 aromatic carbocycles. The van der Waals surface area contributed by atoms with E-state index in [-0.39, 0.29) is 5.54 Å². The van der Waals surface area contributed by atoms with Crippen LogP contribution in [0.25, 0.3) is 0 Å². The lowest BCUT2D eigenvalue weighted by Crippen LogP contribution is -3.12. The summed E-state index contributed by atoms with van der Waals surface area (Å²) in [5.41, 5.74) is 1.60. The summed E-state index contributed by atoms with van der Waals surface area (Å²) in [6.07, 6.45) is 0. The van der Waals surface area contributed by atoms with Crippen LogP contribution in [-0.2, 0) is 5.54 Å². The Balaban J connectivity index is 2.98. The van der Waals surface area contributed by atoms with Crippen molar-refractivity contribution >= 4 is 0 Å². The average Bonchev–Trinajstić information content (AvgIpc) is 2.06. The quantitative estimate of drug-likeness (QED) is 0.667. The highest BCUT2D eigenvalue weighted by Gasteiger charge is 2.26. The number of hydrogen-bond donors (Lipinski definition) is 1. The number of benzene rings is 1. The largest absolute Gasteiger partial charge is 0.332 e. The van der Waals surface area contributed by atoms with E-state index in [0.717, 1.165) is 0 Å². The monoisotopic (exact) mass is 164 g/mol. The van der Waals surface area contributed by atoms with Gasteiger partial charge in [-0.05, 0) is 13.8 Å². The molecule has 1 heteroatoms. The third-order valence-electron chi connectivity index (χ3n) is 2.75. The van der Waals surface area contributed by atoms with Gasteiger partial charge < -0.3 is 4.90 Å². The van der Waals surface area contributed by atoms with Crippen LogP contribution in [0.4, 0.5) is 0 Å². The molecule has 1 rings (SSSR count). The molecule has 0 saturated carbocycles. The Morgan fingerprint density at radius 2 is 1.50 bits per heavy atom. The molecule has 12 heavy (non-hydrogen) atoms. The van der Waals surface area contributed by atoms with Crippen LogP contribution in [0.1, 0.15) is 19.4 Å². The minimum absolute atomic E-state index is 0.210. The van der Waals surface area contributed by atoms with E-state index in [4.69, 9.17) is 0 Å². The van der Waals surface area contributed by atoms with Crippen LogP contribution in [0.5, 0.6) is 0 Å². The van der Waals surface area contributed by atoms with Gasteiger partial charge in [-0.2, -0.15) is 0 Å². The zero-order valence-corrected chi connectivity index (χ0v) is 8.39. The number of rotatable bonds is 2. The van der Waals surface area contributed by atoms with Crippen molar-refractivity contribution in [2.24, 2.45) is 0 Å². The van der Waals surface area contributed by atoms with Crippen LogP contribution in [0.3, 0.4) is 0 Å². The van der Waals surface area contributed by atoms with Gasteiger partial charge in [0.05, 0.1) is 14.1 Å². The van der Waals surface area contributed by atoms with Gasteiger partial charge in [-0.25, -0.2) is 0 Å². The highest BCUT2D eigenvalue weighted by Crippen LogP contribution is 2.14. The minimum Gasteiger partial charge on any atom is -0.332 e. The molecule has 0 amide bonds. The number of hydrogen-bond acceptors (Lipinski definition) is 0. The highest BCUT2D eigenvalue weighted by molar-refractivity contribution is 5.20. The first kappa shape index (κ1) is 9.27. The van der Waals surface area contributed by atoms with Gasteiger partial charge >= 0.3 is 0 Å². The Hall–Kier alpha value is -0.820. The molecule has 0 atom stereocenters. The predicted octanol–water partition coefficient (Wildman–Crippen LogP) is 1.07. The van der Waals surface area contributed by atoms with E-state index in [1.807, 2.05) is 0 Å². The van der Waals surface area contributed by atoms with E-state index in [1.165, 1.54) is 10.5 Å². The molecule has 0 unspecified atom stereocenters. The van der Waals surface area contributed by atoms with Crippen LogP contribution in [-0.4, -0.2) is 14.1 Å². The topological polar surface area (TPSA) is 4.44 Å². The average molecular weight is 164 g/mol. The maximum Gasteiger partial charge on any atom is 0.117 e. The Kier molecular flexibility index (Phi) is 2.53. The molecule has 0 bridgehead atoms. The van der Waals surface area contributed by atoms with Gasteiger partial charge in [0.1, 0.15) is 5.54 Å². The third-order valence-corrected chi connectivity index (χ3v) is 2.75. The summed E-state index contributed by atoms with van der Waals surface area (Å²) in [5.74, 6) is 0. The van der Waals surface area contributed by atoms with Crippen LogP contribution in [0, 0.1) is 0 Å². The molecule has 66 valence electrons. The summed E-state index contributed by atoms with van der Waals surface area (Å²) in [7, 11) is 4.38. The Bertz CT molecular complexity index is 236. The minimum atomic E-state index is 0.210. The van der Waals surface area contributed by atoms with Crippen LogP contribution in [0.15, 0.2) is 30.3 Å². The third kappa shape index (κ3) is 1.67. The van der Waals surface area contributed by atoms with Gasteiger partial charge in [0.25, 0.3) is 0 Å². The first-order chi connectivity index (χ1) is 5.55. The molecule has 0 heterocycles. The van der Waals surface area contributed by atoms with Crippen molar-refractivity contribution in [3.8, 4) is 0 Å². The van der Waals surface area contributed by atoms with Crippen molar-refractivity contribution < 1.29 is 4.90 Å². The molecule has 0 spiro atoms. The van der Waals surface area contributed by atoms with E-state index < -0.39 is 0 Å². The van der Waals surface area contributed by atoms with Crippen molar-refractivity contribution in [2.75, 3.05) is 14.1 Å². The molecule has 0 aromatic heterocycles. The molecule has 0 aliphatic carbocycles. The molecule has 1 aromatic rings. The Morgan fingerprint density at radius 1 is 1.00 bits per heavy atom. The van der Waals surface area contributed by atoms with Crippen molar-refractivity contribution in [1.82, 2.24) is 0 Å². The van der Waals surface area contributed by atoms with Gasteiger partial charge in [0.15, 0.2) is 0 Å². The fraction of sp³-hybridized carbons (Fsp3) is 0.455. The summed E-state index contributed by atoms with van der Waals surface area (Å²) in [5, 5.41) is 0. The van der Waals surface area contributed by atoms with Crippen LogP contribution < -0.4 is 4.90 Å². The van der Waals surface area contributed by atoms with E-state index in [1.54, 1.807) is 0 Å². The molecular formula is C11H18N+. The normalized spacial score (nSPS) is 12.1. The number of nitrogens with one attached hydrogen (secondary N) is 1. The molecular weight excluding hydrogens is 146 g/mol. The molecule has 0 aliphatic rings. The second kappa shape index (κ2) is 3.28. The maximum absolute atomic E-state index is 2.26.